The van der Waals surface area contributed by atoms with Crippen LogP contribution in [0.1, 0.15) is 13.3 Å². The molecule has 0 radical (unpaired) electrons. The molecule has 1 fully saturated rings. The van der Waals surface area contributed by atoms with E-state index in [0.29, 0.717) is 24.5 Å². The monoisotopic (exact) mass is 315 g/mol. The van der Waals surface area contributed by atoms with Crippen molar-refractivity contribution >= 4 is 10.0 Å². The van der Waals surface area contributed by atoms with Crippen molar-refractivity contribution in [2.24, 2.45) is 0 Å². The van der Waals surface area contributed by atoms with Crippen LogP contribution in [0, 0.1) is 0 Å². The number of hydrogen-bond acceptors (Lipinski definition) is 5. The van der Waals surface area contributed by atoms with Gasteiger partial charge in [0.1, 0.15) is 4.90 Å². The minimum absolute atomic E-state index is 0.294. The third-order valence-corrected chi connectivity index (χ3v) is 5.56. The number of piperazine rings is 1. The molecular formula is C13H25N5O2S. The largest absolute Gasteiger partial charge is 0.318 e. The first-order chi connectivity index (χ1) is 10.1. The van der Waals surface area contributed by atoms with Gasteiger partial charge < -0.3 is 10.2 Å². The van der Waals surface area contributed by atoms with Crippen LogP contribution in [0.4, 0.5) is 0 Å². The Labute approximate surface area is 127 Å². The van der Waals surface area contributed by atoms with Crippen LogP contribution in [0.2, 0.25) is 0 Å². The van der Waals surface area contributed by atoms with E-state index in [1.165, 1.54) is 6.20 Å². The van der Waals surface area contributed by atoms with E-state index in [4.69, 9.17) is 0 Å². The minimum atomic E-state index is -3.40. The average Bonchev–Trinajstić information content (AvgIpc) is 2.96. The van der Waals surface area contributed by atoms with Gasteiger partial charge in [0.25, 0.3) is 0 Å². The van der Waals surface area contributed by atoms with Gasteiger partial charge in [-0.1, -0.05) is 6.92 Å². The van der Waals surface area contributed by atoms with Crippen molar-refractivity contribution < 1.29 is 8.42 Å². The molecule has 1 N–H and O–H groups in total. The Kier molecular flexibility index (Phi) is 5.74. The molecule has 0 aliphatic carbocycles. The first-order valence-electron chi connectivity index (χ1n) is 7.47. The van der Waals surface area contributed by atoms with Gasteiger partial charge in [-0.15, -0.1) is 0 Å². The van der Waals surface area contributed by atoms with Gasteiger partial charge in [0, 0.05) is 38.9 Å². The Balaban J connectivity index is 2.00. The molecule has 7 nitrogen and oxygen atoms in total. The maximum atomic E-state index is 12.6. The summed E-state index contributed by atoms with van der Waals surface area (Å²) in [6, 6.07) is 0. The summed E-state index contributed by atoms with van der Waals surface area (Å²) in [5.74, 6) is 0. The molecule has 1 aliphatic rings. The third kappa shape index (κ3) is 4.03. The summed E-state index contributed by atoms with van der Waals surface area (Å²) >= 11 is 0. The zero-order valence-corrected chi connectivity index (χ0v) is 13.6. The number of nitrogens with one attached hydrogen (secondary N) is 1. The molecule has 0 atom stereocenters. The van der Waals surface area contributed by atoms with E-state index >= 15 is 0 Å². The molecule has 0 aromatic carbocycles. The summed E-state index contributed by atoms with van der Waals surface area (Å²) in [5, 5.41) is 7.14. The Morgan fingerprint density at radius 2 is 1.95 bits per heavy atom. The van der Waals surface area contributed by atoms with Crippen molar-refractivity contribution in [1.29, 1.82) is 0 Å². The molecule has 0 amide bonds. The number of hydrogen-bond donors (Lipinski definition) is 1. The predicted molar refractivity (Wildman–Crippen MR) is 81.6 cm³/mol. The number of nitrogens with zero attached hydrogens (tertiary/aromatic N) is 4. The predicted octanol–water partition coefficient (Wildman–Crippen LogP) is -0.181. The van der Waals surface area contributed by atoms with E-state index in [9.17, 15) is 8.42 Å². The van der Waals surface area contributed by atoms with Gasteiger partial charge in [-0.3, -0.25) is 4.68 Å². The van der Waals surface area contributed by atoms with Crippen LogP contribution in [0.25, 0.3) is 0 Å². The number of likely N-dealkylation sites (N-methyl/N-ethyl adjacent to an activating group) is 1. The highest BCUT2D eigenvalue weighted by Crippen LogP contribution is 2.17. The highest BCUT2D eigenvalue weighted by Gasteiger charge is 2.29. The van der Waals surface area contributed by atoms with Gasteiger partial charge >= 0.3 is 0 Å². The second-order valence-corrected chi connectivity index (χ2v) is 7.23. The lowest BCUT2D eigenvalue weighted by atomic mass is 10.3. The molecule has 0 unspecified atom stereocenters. The molecular weight excluding hydrogens is 290 g/mol. The van der Waals surface area contributed by atoms with E-state index in [0.717, 1.165) is 32.6 Å². The van der Waals surface area contributed by atoms with Crippen LogP contribution in [-0.2, 0) is 16.6 Å². The van der Waals surface area contributed by atoms with Crippen LogP contribution in [0.5, 0.6) is 0 Å². The molecule has 1 aromatic heterocycles. The highest BCUT2D eigenvalue weighted by atomic mass is 32.2. The van der Waals surface area contributed by atoms with Crippen LogP contribution in [0.3, 0.4) is 0 Å². The van der Waals surface area contributed by atoms with Crippen molar-refractivity contribution in [2.75, 3.05) is 46.3 Å². The topological polar surface area (TPSA) is 70.5 Å². The van der Waals surface area contributed by atoms with E-state index in [1.807, 2.05) is 7.05 Å². The molecule has 2 heterocycles. The van der Waals surface area contributed by atoms with Gasteiger partial charge in [-0.25, -0.2) is 8.42 Å². The Morgan fingerprint density at radius 1 is 1.24 bits per heavy atom. The van der Waals surface area contributed by atoms with E-state index in [-0.39, 0.29) is 0 Å². The molecule has 1 aliphatic heterocycles. The van der Waals surface area contributed by atoms with Gasteiger partial charge in [0.05, 0.1) is 12.7 Å². The number of sulfonamides is 1. The van der Waals surface area contributed by atoms with E-state index in [1.54, 1.807) is 15.2 Å². The van der Waals surface area contributed by atoms with Crippen molar-refractivity contribution in [1.82, 2.24) is 24.3 Å². The second kappa shape index (κ2) is 7.35. The van der Waals surface area contributed by atoms with Gasteiger partial charge in [-0.05, 0) is 20.0 Å². The van der Waals surface area contributed by atoms with Crippen molar-refractivity contribution in [3.63, 3.8) is 0 Å². The Morgan fingerprint density at radius 3 is 2.57 bits per heavy atom. The molecule has 1 aromatic rings. The van der Waals surface area contributed by atoms with Crippen LogP contribution < -0.4 is 5.32 Å². The third-order valence-electron chi connectivity index (χ3n) is 3.71. The summed E-state index contributed by atoms with van der Waals surface area (Å²) in [6.45, 7) is 7.33. The Bertz CT molecular complexity index is 535. The summed E-state index contributed by atoms with van der Waals surface area (Å²) in [5.41, 5.74) is 0. The van der Waals surface area contributed by atoms with Crippen molar-refractivity contribution in [3.05, 3.63) is 12.4 Å². The number of aromatic nitrogens is 2. The van der Waals surface area contributed by atoms with Gasteiger partial charge in [0.2, 0.25) is 10.0 Å². The normalized spacial score (nSPS) is 18.2. The fourth-order valence-corrected chi connectivity index (χ4v) is 3.86. The maximum absolute atomic E-state index is 12.6. The molecule has 1 saturated heterocycles. The van der Waals surface area contributed by atoms with Crippen LogP contribution >= 0.6 is 0 Å². The summed E-state index contributed by atoms with van der Waals surface area (Å²) in [7, 11) is -1.54. The SMILES string of the molecule is CCCN1CCN(S(=O)(=O)c2cnn(CCNC)c2)CC1. The van der Waals surface area contributed by atoms with E-state index in [2.05, 4.69) is 22.2 Å². The zero-order chi connectivity index (χ0) is 15.3. The van der Waals surface area contributed by atoms with Crippen molar-refractivity contribution in [2.45, 2.75) is 24.8 Å². The average molecular weight is 315 g/mol. The first-order valence-corrected chi connectivity index (χ1v) is 8.91. The second-order valence-electron chi connectivity index (χ2n) is 5.29. The molecule has 120 valence electrons. The lowest BCUT2D eigenvalue weighted by molar-refractivity contribution is 0.188. The summed E-state index contributed by atoms with van der Waals surface area (Å²) < 4.78 is 28.4. The van der Waals surface area contributed by atoms with Gasteiger partial charge in [-0.2, -0.15) is 9.40 Å². The van der Waals surface area contributed by atoms with E-state index < -0.39 is 10.0 Å². The van der Waals surface area contributed by atoms with Crippen molar-refractivity contribution in [3.8, 4) is 0 Å². The Hall–Kier alpha value is -0.960. The van der Waals surface area contributed by atoms with Gasteiger partial charge in [0.15, 0.2) is 0 Å². The molecule has 0 saturated carbocycles. The van der Waals surface area contributed by atoms with Crippen LogP contribution in [0.15, 0.2) is 17.3 Å². The molecule has 0 spiro atoms. The fourth-order valence-electron chi connectivity index (χ4n) is 2.49. The molecule has 21 heavy (non-hydrogen) atoms. The summed E-state index contributed by atoms with van der Waals surface area (Å²) in [6.07, 6.45) is 4.17. The standard InChI is InChI=1S/C13H25N5O2S/c1-3-5-16-7-9-18(10-8-16)21(19,20)13-11-15-17(12-13)6-4-14-2/h11-12,14H,3-10H2,1-2H3. The van der Waals surface area contributed by atoms with Crippen LogP contribution in [-0.4, -0.2) is 73.7 Å². The summed E-state index contributed by atoms with van der Waals surface area (Å²) in [4.78, 5) is 2.60. The smallest absolute Gasteiger partial charge is 0.246 e. The minimum Gasteiger partial charge on any atom is -0.318 e. The fraction of sp³-hybridized carbons (Fsp3) is 0.769. The quantitative estimate of drug-likeness (QED) is 0.756. The zero-order valence-electron chi connectivity index (χ0n) is 12.8. The first kappa shape index (κ1) is 16.4. The lowest BCUT2D eigenvalue weighted by Gasteiger charge is -2.33. The number of rotatable bonds is 7. The highest BCUT2D eigenvalue weighted by molar-refractivity contribution is 7.89. The molecule has 2 rings (SSSR count). The lowest BCUT2D eigenvalue weighted by Crippen LogP contribution is -2.48. The molecule has 8 heteroatoms. The maximum Gasteiger partial charge on any atom is 0.246 e. The molecule has 0 bridgehead atoms.